The van der Waals surface area contributed by atoms with Gasteiger partial charge in [-0.25, -0.2) is 9.78 Å². The van der Waals surface area contributed by atoms with E-state index in [2.05, 4.69) is 10.3 Å². The number of aromatic nitrogens is 2. The molecule has 7 nitrogen and oxygen atoms in total. The predicted molar refractivity (Wildman–Crippen MR) is 65.7 cm³/mol. The highest BCUT2D eigenvalue weighted by Gasteiger charge is 2.16. The fourth-order valence-corrected chi connectivity index (χ4v) is 1.45. The number of hydrogen-bond donors (Lipinski definition) is 2. The summed E-state index contributed by atoms with van der Waals surface area (Å²) in [5.41, 5.74) is -0.264. The molecule has 1 atom stereocenters. The lowest BCUT2D eigenvalue weighted by Gasteiger charge is -2.12. The first-order valence-corrected chi connectivity index (χ1v) is 5.65. The van der Waals surface area contributed by atoms with Crippen molar-refractivity contribution < 1.29 is 14.6 Å². The standard InChI is InChI=1S/C11H17N3O4/c1-3-5-14-6-4-12-9(10(14)15)13-7-8(18-2)11(16)17/h4,6,8H,3,5,7H2,1-2H3,(H,12,13)(H,16,17). The molecule has 1 aromatic rings. The van der Waals surface area contributed by atoms with Crippen molar-refractivity contribution in [3.05, 3.63) is 22.7 Å². The lowest BCUT2D eigenvalue weighted by molar-refractivity contribution is -0.147. The smallest absolute Gasteiger partial charge is 0.334 e. The Bertz CT molecular complexity index is 458. The third-order valence-corrected chi connectivity index (χ3v) is 2.39. The van der Waals surface area contributed by atoms with Crippen molar-refractivity contribution in [2.75, 3.05) is 19.0 Å². The zero-order valence-electron chi connectivity index (χ0n) is 10.4. The lowest BCUT2D eigenvalue weighted by Crippen LogP contribution is -2.33. The first-order chi connectivity index (χ1) is 8.60. The van der Waals surface area contributed by atoms with Gasteiger partial charge >= 0.3 is 5.97 Å². The molecule has 100 valence electrons. The molecule has 7 heteroatoms. The molecule has 0 spiro atoms. The summed E-state index contributed by atoms with van der Waals surface area (Å²) >= 11 is 0. The van der Waals surface area contributed by atoms with Crippen molar-refractivity contribution in [2.45, 2.75) is 26.0 Å². The summed E-state index contributed by atoms with van der Waals surface area (Å²) in [6.45, 7) is 2.55. The van der Waals surface area contributed by atoms with Crippen molar-refractivity contribution in [3.8, 4) is 0 Å². The minimum Gasteiger partial charge on any atom is -0.479 e. The lowest BCUT2D eigenvalue weighted by atomic mass is 10.3. The SMILES string of the molecule is CCCn1ccnc(NCC(OC)C(=O)O)c1=O. The van der Waals surface area contributed by atoms with Crippen LogP contribution in [0.4, 0.5) is 5.82 Å². The molecule has 18 heavy (non-hydrogen) atoms. The summed E-state index contributed by atoms with van der Waals surface area (Å²) in [5.74, 6) is -0.955. The van der Waals surface area contributed by atoms with Gasteiger partial charge in [-0.2, -0.15) is 0 Å². The molecule has 1 aromatic heterocycles. The summed E-state index contributed by atoms with van der Waals surface area (Å²) in [6, 6.07) is 0. The number of hydrogen-bond acceptors (Lipinski definition) is 5. The van der Waals surface area contributed by atoms with Gasteiger partial charge in [0.05, 0.1) is 6.54 Å². The van der Waals surface area contributed by atoms with Gasteiger partial charge < -0.3 is 19.7 Å². The van der Waals surface area contributed by atoms with E-state index in [0.717, 1.165) is 6.42 Å². The minimum atomic E-state index is -1.09. The van der Waals surface area contributed by atoms with Crippen molar-refractivity contribution in [1.82, 2.24) is 9.55 Å². The monoisotopic (exact) mass is 255 g/mol. The van der Waals surface area contributed by atoms with Gasteiger partial charge in [0, 0.05) is 26.0 Å². The highest BCUT2D eigenvalue weighted by atomic mass is 16.5. The van der Waals surface area contributed by atoms with E-state index in [1.54, 1.807) is 6.20 Å². The van der Waals surface area contributed by atoms with Crippen LogP contribution in [0.15, 0.2) is 17.2 Å². The van der Waals surface area contributed by atoms with Crippen molar-refractivity contribution in [2.24, 2.45) is 0 Å². The number of rotatable bonds is 7. The van der Waals surface area contributed by atoms with Gasteiger partial charge in [-0.1, -0.05) is 6.92 Å². The van der Waals surface area contributed by atoms with Crippen LogP contribution in [0.1, 0.15) is 13.3 Å². The molecule has 0 bridgehead atoms. The minimum absolute atomic E-state index is 0.00971. The number of methoxy groups -OCH3 is 1. The van der Waals surface area contributed by atoms with E-state index in [9.17, 15) is 9.59 Å². The highest BCUT2D eigenvalue weighted by molar-refractivity contribution is 5.73. The van der Waals surface area contributed by atoms with Crippen LogP contribution in [0.25, 0.3) is 0 Å². The molecule has 1 heterocycles. The number of carbonyl (C=O) groups is 1. The van der Waals surface area contributed by atoms with Gasteiger partial charge in [-0.15, -0.1) is 0 Å². The second-order valence-corrected chi connectivity index (χ2v) is 3.72. The summed E-state index contributed by atoms with van der Waals surface area (Å²) in [6.07, 6.45) is 2.93. The number of anilines is 1. The second-order valence-electron chi connectivity index (χ2n) is 3.72. The molecule has 0 radical (unpaired) electrons. The van der Waals surface area contributed by atoms with E-state index in [4.69, 9.17) is 9.84 Å². The third-order valence-electron chi connectivity index (χ3n) is 2.39. The number of aliphatic carboxylic acids is 1. The van der Waals surface area contributed by atoms with Crippen molar-refractivity contribution in [3.63, 3.8) is 0 Å². The van der Waals surface area contributed by atoms with Crippen LogP contribution in [0, 0.1) is 0 Å². The Morgan fingerprint density at radius 2 is 2.39 bits per heavy atom. The number of aryl methyl sites for hydroxylation is 1. The van der Waals surface area contributed by atoms with Crippen LogP contribution in [0.2, 0.25) is 0 Å². The Labute approximate surface area is 104 Å². The van der Waals surface area contributed by atoms with Gasteiger partial charge in [0.1, 0.15) is 0 Å². The van der Waals surface area contributed by atoms with E-state index in [1.165, 1.54) is 17.9 Å². The van der Waals surface area contributed by atoms with Crippen molar-refractivity contribution >= 4 is 11.8 Å². The van der Waals surface area contributed by atoms with Crippen LogP contribution < -0.4 is 10.9 Å². The summed E-state index contributed by atoms with van der Waals surface area (Å²) in [7, 11) is 1.30. The van der Waals surface area contributed by atoms with E-state index in [1.807, 2.05) is 6.92 Å². The molecule has 0 aliphatic heterocycles. The Kier molecular flexibility index (Phi) is 5.31. The van der Waals surface area contributed by atoms with E-state index >= 15 is 0 Å². The molecular formula is C11H17N3O4. The molecular weight excluding hydrogens is 238 g/mol. The predicted octanol–water partition coefficient (Wildman–Crippen LogP) is 0.165. The first-order valence-electron chi connectivity index (χ1n) is 5.65. The van der Waals surface area contributed by atoms with E-state index in [0.29, 0.717) is 6.54 Å². The summed E-state index contributed by atoms with van der Waals surface area (Å²) in [4.78, 5) is 26.5. The quantitative estimate of drug-likeness (QED) is 0.721. The van der Waals surface area contributed by atoms with Crippen LogP contribution in [0.3, 0.4) is 0 Å². The maximum atomic E-state index is 11.9. The second kappa shape index (κ2) is 6.75. The maximum Gasteiger partial charge on any atom is 0.334 e. The Hall–Kier alpha value is -1.89. The van der Waals surface area contributed by atoms with Crippen LogP contribution in [0.5, 0.6) is 0 Å². The molecule has 0 aliphatic carbocycles. The van der Waals surface area contributed by atoms with Crippen LogP contribution >= 0.6 is 0 Å². The number of carboxylic acid groups (broad SMARTS) is 1. The van der Waals surface area contributed by atoms with Gasteiger partial charge in [0.15, 0.2) is 11.9 Å². The molecule has 1 unspecified atom stereocenters. The normalized spacial score (nSPS) is 12.1. The van der Waals surface area contributed by atoms with E-state index in [-0.39, 0.29) is 17.9 Å². The Morgan fingerprint density at radius 3 is 2.94 bits per heavy atom. The first kappa shape index (κ1) is 14.2. The molecule has 0 saturated carbocycles. The highest BCUT2D eigenvalue weighted by Crippen LogP contribution is 1.97. The average molecular weight is 255 g/mol. The molecule has 2 N–H and O–H groups in total. The van der Waals surface area contributed by atoms with Gasteiger partial charge in [0.2, 0.25) is 0 Å². The summed E-state index contributed by atoms with van der Waals surface area (Å²) in [5, 5.41) is 11.5. The number of nitrogens with zero attached hydrogens (tertiary/aromatic N) is 2. The average Bonchev–Trinajstić information content (AvgIpc) is 2.34. The van der Waals surface area contributed by atoms with Gasteiger partial charge in [0.25, 0.3) is 5.56 Å². The molecule has 0 saturated heterocycles. The molecule has 0 aromatic carbocycles. The van der Waals surface area contributed by atoms with E-state index < -0.39 is 12.1 Å². The number of nitrogens with one attached hydrogen (secondary N) is 1. The zero-order chi connectivity index (χ0) is 13.5. The zero-order valence-corrected chi connectivity index (χ0v) is 10.4. The Balaban J connectivity index is 2.76. The fourth-order valence-electron chi connectivity index (χ4n) is 1.45. The summed E-state index contributed by atoms with van der Waals surface area (Å²) < 4.78 is 6.28. The molecule has 0 aliphatic rings. The van der Waals surface area contributed by atoms with Gasteiger partial charge in [-0.05, 0) is 6.42 Å². The molecule has 0 fully saturated rings. The Morgan fingerprint density at radius 1 is 1.67 bits per heavy atom. The fraction of sp³-hybridized carbons (Fsp3) is 0.545. The van der Waals surface area contributed by atoms with Gasteiger partial charge in [-0.3, -0.25) is 4.79 Å². The number of carboxylic acids is 1. The third kappa shape index (κ3) is 3.56. The topological polar surface area (TPSA) is 93.4 Å². The van der Waals surface area contributed by atoms with Crippen molar-refractivity contribution in [1.29, 1.82) is 0 Å². The molecule has 1 rings (SSSR count). The number of ether oxygens (including phenoxy) is 1. The van der Waals surface area contributed by atoms with Crippen LogP contribution in [-0.2, 0) is 16.1 Å². The maximum absolute atomic E-state index is 11.9. The molecule has 0 amide bonds. The largest absolute Gasteiger partial charge is 0.479 e. The van der Waals surface area contributed by atoms with Crippen LogP contribution in [-0.4, -0.2) is 40.4 Å².